The van der Waals surface area contributed by atoms with Crippen LogP contribution in [-0.2, 0) is 10.3 Å². The van der Waals surface area contributed by atoms with Crippen LogP contribution in [0.3, 0.4) is 0 Å². The van der Waals surface area contributed by atoms with Gasteiger partial charge in [-0.05, 0) is 26.2 Å². The maximum absolute atomic E-state index is 10.7. The zero-order valence-corrected chi connectivity index (χ0v) is 13.7. The molecular weight excluding hydrogens is 274 g/mol. The average molecular weight is 299 g/mol. The number of aromatic hydroxyl groups is 2. The molecule has 1 atom stereocenters. The van der Waals surface area contributed by atoms with Crippen molar-refractivity contribution in [3.8, 4) is 11.8 Å². The Kier molecular flexibility index (Phi) is 5.57. The second-order valence-corrected chi connectivity index (χ2v) is 7.75. The lowest BCUT2D eigenvalue weighted by atomic mass is 10.0. The molecule has 0 aliphatic heterocycles. The van der Waals surface area contributed by atoms with Crippen molar-refractivity contribution in [1.29, 1.82) is 0 Å². The lowest BCUT2D eigenvalue weighted by molar-refractivity contribution is -0.109. The van der Waals surface area contributed by atoms with E-state index in [9.17, 15) is 15.0 Å². The Hall–Kier alpha value is -1.10. The van der Waals surface area contributed by atoms with Crippen LogP contribution in [0.5, 0.6) is 11.8 Å². The van der Waals surface area contributed by atoms with E-state index >= 15 is 0 Å². The summed E-state index contributed by atoms with van der Waals surface area (Å²) in [5.41, 5.74) is -0.643. The fourth-order valence-electron chi connectivity index (χ4n) is 2.37. The molecule has 5 heteroatoms. The first kappa shape index (κ1) is 17.0. The summed E-state index contributed by atoms with van der Waals surface area (Å²) >= 11 is 1.55. The summed E-state index contributed by atoms with van der Waals surface area (Å²) < 4.78 is 1.42. The summed E-state index contributed by atoms with van der Waals surface area (Å²) in [6.07, 6.45) is 2.06. The quantitative estimate of drug-likeness (QED) is 0.594. The fourth-order valence-corrected chi connectivity index (χ4v) is 3.66. The zero-order valence-electron chi connectivity index (χ0n) is 12.9. The van der Waals surface area contributed by atoms with Crippen LogP contribution in [0.1, 0.15) is 47.5 Å². The second kappa shape index (κ2) is 6.57. The van der Waals surface area contributed by atoms with Crippen molar-refractivity contribution in [3.05, 3.63) is 6.07 Å². The maximum atomic E-state index is 10.7. The van der Waals surface area contributed by atoms with Crippen molar-refractivity contribution in [1.82, 2.24) is 4.57 Å². The minimum absolute atomic E-state index is 0.00593. The van der Waals surface area contributed by atoms with Gasteiger partial charge in [0.1, 0.15) is 6.29 Å². The van der Waals surface area contributed by atoms with Crippen LogP contribution in [0.2, 0.25) is 0 Å². The van der Waals surface area contributed by atoms with Crippen LogP contribution in [0.4, 0.5) is 0 Å². The molecule has 0 saturated carbocycles. The first-order valence-electron chi connectivity index (χ1n) is 6.93. The van der Waals surface area contributed by atoms with Crippen LogP contribution in [0.25, 0.3) is 0 Å². The van der Waals surface area contributed by atoms with E-state index in [1.807, 2.05) is 13.8 Å². The number of nitrogens with zero attached hydrogens (tertiary/aromatic N) is 1. The lowest BCUT2D eigenvalue weighted by Gasteiger charge is -2.26. The smallest absolute Gasteiger partial charge is 0.208 e. The van der Waals surface area contributed by atoms with Crippen molar-refractivity contribution in [2.24, 2.45) is 5.92 Å². The normalized spacial score (nSPS) is 13.7. The summed E-state index contributed by atoms with van der Waals surface area (Å²) in [4.78, 5) is 11.4. The van der Waals surface area contributed by atoms with Crippen LogP contribution in [0.15, 0.2) is 11.0 Å². The third kappa shape index (κ3) is 3.95. The number of thioether (sulfide) groups is 1. The summed E-state index contributed by atoms with van der Waals surface area (Å²) in [6.45, 7) is 10.0. The summed E-state index contributed by atoms with van der Waals surface area (Å²) in [7, 11) is 0. The molecule has 114 valence electrons. The SMILES string of the molecule is CC(C)CC(C)Sc1cc(O)n(C(C)(C)CC=O)c1O. The molecule has 4 nitrogen and oxygen atoms in total. The van der Waals surface area contributed by atoms with Crippen LogP contribution in [0, 0.1) is 5.92 Å². The molecule has 1 unspecified atom stereocenters. The number of carbonyl (C=O) groups is 1. The fraction of sp³-hybridized carbons (Fsp3) is 0.667. The van der Waals surface area contributed by atoms with Gasteiger partial charge in [-0.1, -0.05) is 20.8 Å². The highest BCUT2D eigenvalue weighted by Crippen LogP contribution is 2.42. The minimum Gasteiger partial charge on any atom is -0.494 e. The molecule has 0 spiro atoms. The number of carbonyl (C=O) groups excluding carboxylic acids is 1. The Balaban J connectivity index is 3.00. The summed E-state index contributed by atoms with van der Waals surface area (Å²) in [5.74, 6) is 0.616. The molecule has 0 amide bonds. The molecule has 0 saturated heterocycles. The minimum atomic E-state index is -0.643. The monoisotopic (exact) mass is 299 g/mol. The molecule has 1 heterocycles. The van der Waals surface area contributed by atoms with Gasteiger partial charge >= 0.3 is 0 Å². The average Bonchev–Trinajstić information content (AvgIpc) is 2.52. The Morgan fingerprint density at radius 2 is 1.95 bits per heavy atom. The van der Waals surface area contributed by atoms with E-state index in [1.54, 1.807) is 17.8 Å². The predicted octanol–water partition coefficient (Wildman–Crippen LogP) is 3.75. The Morgan fingerprint density at radius 3 is 2.45 bits per heavy atom. The van der Waals surface area contributed by atoms with Gasteiger partial charge in [0.05, 0.1) is 10.4 Å². The van der Waals surface area contributed by atoms with Gasteiger partial charge in [0, 0.05) is 17.7 Å². The zero-order chi connectivity index (χ0) is 15.5. The highest BCUT2D eigenvalue weighted by Gasteiger charge is 2.28. The molecular formula is C15H25NO3S. The predicted molar refractivity (Wildman–Crippen MR) is 82.5 cm³/mol. The highest BCUT2D eigenvalue weighted by molar-refractivity contribution is 8.00. The molecule has 0 aliphatic carbocycles. The topological polar surface area (TPSA) is 62.5 Å². The van der Waals surface area contributed by atoms with Gasteiger partial charge in [0.25, 0.3) is 0 Å². The van der Waals surface area contributed by atoms with Gasteiger partial charge in [0.2, 0.25) is 5.88 Å². The largest absolute Gasteiger partial charge is 0.494 e. The van der Waals surface area contributed by atoms with E-state index in [4.69, 9.17) is 0 Å². The first-order chi connectivity index (χ1) is 9.19. The van der Waals surface area contributed by atoms with E-state index in [0.717, 1.165) is 12.7 Å². The number of aldehydes is 1. The number of hydrogen-bond donors (Lipinski definition) is 2. The first-order valence-corrected chi connectivity index (χ1v) is 7.81. The standard InChI is InChI=1S/C15H25NO3S/c1-10(2)8-11(3)20-12-9-13(18)16(14(12)19)15(4,5)6-7-17/h7,9-11,18-19H,6,8H2,1-5H3. The van der Waals surface area contributed by atoms with Crippen molar-refractivity contribution in [2.75, 3.05) is 0 Å². The third-order valence-corrected chi connectivity index (χ3v) is 4.39. The second-order valence-electron chi connectivity index (χ2n) is 6.27. The van der Waals surface area contributed by atoms with Gasteiger partial charge in [-0.25, -0.2) is 0 Å². The van der Waals surface area contributed by atoms with Crippen molar-refractivity contribution in [2.45, 2.75) is 63.1 Å². The van der Waals surface area contributed by atoms with E-state index < -0.39 is 5.54 Å². The van der Waals surface area contributed by atoms with Crippen LogP contribution >= 0.6 is 11.8 Å². The van der Waals surface area contributed by atoms with Gasteiger partial charge < -0.3 is 15.0 Å². The molecule has 1 rings (SSSR count). The van der Waals surface area contributed by atoms with Crippen molar-refractivity contribution >= 4 is 18.0 Å². The Labute approximate surface area is 125 Å². The Morgan fingerprint density at radius 1 is 1.35 bits per heavy atom. The van der Waals surface area contributed by atoms with Gasteiger partial charge in [-0.15, -0.1) is 11.8 Å². The molecule has 1 aromatic heterocycles. The summed E-state index contributed by atoms with van der Waals surface area (Å²) in [6, 6.07) is 1.57. The molecule has 0 radical (unpaired) electrons. The van der Waals surface area contributed by atoms with E-state index in [1.165, 1.54) is 4.57 Å². The van der Waals surface area contributed by atoms with E-state index in [-0.39, 0.29) is 18.2 Å². The number of rotatable bonds is 7. The Bertz CT molecular complexity index is 466. The van der Waals surface area contributed by atoms with Gasteiger partial charge in [-0.2, -0.15) is 0 Å². The molecule has 20 heavy (non-hydrogen) atoms. The number of hydrogen-bond acceptors (Lipinski definition) is 4. The highest BCUT2D eigenvalue weighted by atomic mass is 32.2. The van der Waals surface area contributed by atoms with Crippen LogP contribution in [-0.4, -0.2) is 26.3 Å². The van der Waals surface area contributed by atoms with E-state index in [2.05, 4.69) is 20.8 Å². The lowest BCUT2D eigenvalue weighted by Crippen LogP contribution is -2.25. The molecule has 0 fully saturated rings. The van der Waals surface area contributed by atoms with Crippen molar-refractivity contribution < 1.29 is 15.0 Å². The molecule has 0 aromatic carbocycles. The molecule has 2 N–H and O–H groups in total. The van der Waals surface area contributed by atoms with E-state index in [0.29, 0.717) is 16.1 Å². The summed E-state index contributed by atoms with van der Waals surface area (Å²) in [5, 5.41) is 20.7. The number of aromatic nitrogens is 1. The van der Waals surface area contributed by atoms with Gasteiger partial charge in [0.15, 0.2) is 5.88 Å². The van der Waals surface area contributed by atoms with Gasteiger partial charge in [-0.3, -0.25) is 4.57 Å². The third-order valence-electron chi connectivity index (χ3n) is 3.24. The van der Waals surface area contributed by atoms with Crippen molar-refractivity contribution in [3.63, 3.8) is 0 Å². The molecule has 0 bridgehead atoms. The van der Waals surface area contributed by atoms with Crippen LogP contribution < -0.4 is 0 Å². The maximum Gasteiger partial charge on any atom is 0.208 e. The molecule has 1 aromatic rings. The molecule has 0 aliphatic rings.